The molecule has 0 aliphatic carbocycles. The van der Waals surface area contributed by atoms with Crippen molar-refractivity contribution in [2.45, 2.75) is 13.3 Å². The summed E-state index contributed by atoms with van der Waals surface area (Å²) in [6, 6.07) is 5.35. The van der Waals surface area contributed by atoms with Crippen LogP contribution in [0.25, 0.3) is 0 Å². The predicted molar refractivity (Wildman–Crippen MR) is 72.5 cm³/mol. The maximum absolute atomic E-state index is 11.9. The van der Waals surface area contributed by atoms with Gasteiger partial charge in [0.2, 0.25) is 0 Å². The van der Waals surface area contributed by atoms with Gasteiger partial charge in [-0.3, -0.25) is 4.79 Å². The van der Waals surface area contributed by atoms with Crippen LogP contribution in [0, 0.1) is 0 Å². The fraction of sp³-hybridized carbons (Fsp3) is 0.308. The zero-order valence-corrected chi connectivity index (χ0v) is 11.6. The zero-order valence-electron chi connectivity index (χ0n) is 10.00. The Labute approximate surface area is 110 Å². The Balaban J connectivity index is 2.68. The number of amides is 1. The van der Waals surface area contributed by atoms with Crippen LogP contribution in [0.1, 0.15) is 23.7 Å². The van der Waals surface area contributed by atoms with Crippen molar-refractivity contribution in [3.63, 3.8) is 0 Å². The highest BCUT2D eigenvalue weighted by Gasteiger charge is 2.11. The number of hydrogen-bond donors (Lipinski definition) is 1. The van der Waals surface area contributed by atoms with Gasteiger partial charge in [-0.05, 0) is 31.5 Å². The van der Waals surface area contributed by atoms with Crippen molar-refractivity contribution >= 4 is 21.8 Å². The summed E-state index contributed by atoms with van der Waals surface area (Å²) in [6.45, 7) is 2.59. The third-order valence-electron chi connectivity index (χ3n) is 2.24. The van der Waals surface area contributed by atoms with E-state index in [1.807, 2.05) is 25.1 Å². The van der Waals surface area contributed by atoms with E-state index < -0.39 is 0 Å². The molecule has 0 saturated carbocycles. The molecule has 0 heterocycles. The van der Waals surface area contributed by atoms with E-state index >= 15 is 0 Å². The van der Waals surface area contributed by atoms with Crippen LogP contribution >= 0.6 is 15.9 Å². The van der Waals surface area contributed by atoms with E-state index in [0.29, 0.717) is 17.9 Å². The Morgan fingerprint density at radius 1 is 1.53 bits per heavy atom. The van der Waals surface area contributed by atoms with Crippen LogP contribution in [0.5, 0.6) is 5.75 Å². The maximum Gasteiger partial charge on any atom is 0.255 e. The first-order chi connectivity index (χ1) is 8.19. The molecule has 0 radical (unpaired) electrons. The third-order valence-corrected chi connectivity index (χ3v) is 2.73. The van der Waals surface area contributed by atoms with Crippen molar-refractivity contribution in [2.24, 2.45) is 0 Å². The lowest BCUT2D eigenvalue weighted by molar-refractivity contribution is 0.0951. The van der Waals surface area contributed by atoms with Gasteiger partial charge in [-0.25, -0.2) is 0 Å². The molecule has 0 unspecified atom stereocenters. The average molecular weight is 298 g/mol. The second-order valence-corrected chi connectivity index (χ2v) is 4.37. The lowest BCUT2D eigenvalue weighted by Gasteiger charge is -2.09. The second kappa shape index (κ2) is 7.12. The molecule has 0 fully saturated rings. The molecule has 1 aromatic carbocycles. The summed E-state index contributed by atoms with van der Waals surface area (Å²) in [5.74, 6) is 0.460. The lowest BCUT2D eigenvalue weighted by Crippen LogP contribution is -2.24. The van der Waals surface area contributed by atoms with Crippen molar-refractivity contribution in [2.75, 3.05) is 13.7 Å². The number of hydrogen-bond acceptors (Lipinski definition) is 2. The van der Waals surface area contributed by atoms with E-state index in [1.54, 1.807) is 19.2 Å². The molecule has 17 heavy (non-hydrogen) atoms. The van der Waals surface area contributed by atoms with Gasteiger partial charge >= 0.3 is 0 Å². The minimum Gasteiger partial charge on any atom is -0.496 e. The Morgan fingerprint density at radius 2 is 2.29 bits per heavy atom. The first-order valence-electron chi connectivity index (χ1n) is 5.42. The Bertz CT molecular complexity index is 416. The molecule has 1 rings (SSSR count). The number of nitrogens with one attached hydrogen (secondary N) is 1. The minimum atomic E-state index is -0.112. The van der Waals surface area contributed by atoms with Gasteiger partial charge in [-0.15, -0.1) is 0 Å². The van der Waals surface area contributed by atoms with Crippen LogP contribution in [0.3, 0.4) is 0 Å². The third kappa shape index (κ3) is 4.23. The summed E-state index contributed by atoms with van der Waals surface area (Å²) in [5.41, 5.74) is 0.552. The molecule has 0 spiro atoms. The highest BCUT2D eigenvalue weighted by molar-refractivity contribution is 9.10. The van der Waals surface area contributed by atoms with Crippen LogP contribution in [-0.2, 0) is 0 Å². The van der Waals surface area contributed by atoms with Crippen molar-refractivity contribution in [3.8, 4) is 5.75 Å². The van der Waals surface area contributed by atoms with E-state index in [-0.39, 0.29) is 5.91 Å². The van der Waals surface area contributed by atoms with E-state index in [0.717, 1.165) is 10.9 Å². The molecule has 1 N–H and O–H groups in total. The Hall–Kier alpha value is -1.29. The molecule has 0 aromatic heterocycles. The maximum atomic E-state index is 11.9. The number of ether oxygens (including phenoxy) is 1. The largest absolute Gasteiger partial charge is 0.496 e. The Morgan fingerprint density at radius 3 is 2.94 bits per heavy atom. The number of methoxy groups -OCH3 is 1. The van der Waals surface area contributed by atoms with Gasteiger partial charge in [0.25, 0.3) is 5.91 Å². The van der Waals surface area contributed by atoms with E-state index in [1.165, 1.54) is 0 Å². The second-order valence-electron chi connectivity index (χ2n) is 3.46. The van der Waals surface area contributed by atoms with E-state index in [9.17, 15) is 4.79 Å². The van der Waals surface area contributed by atoms with Gasteiger partial charge in [0, 0.05) is 11.0 Å². The van der Waals surface area contributed by atoms with Crippen LogP contribution in [0.15, 0.2) is 34.8 Å². The predicted octanol–water partition coefficient (Wildman–Crippen LogP) is 3.15. The average Bonchev–Trinajstić information content (AvgIpc) is 2.34. The van der Waals surface area contributed by atoms with Gasteiger partial charge in [0.05, 0.1) is 12.7 Å². The SMILES string of the molecule is C/C=C/CCNC(=O)c1ccc(Br)cc1OC. The van der Waals surface area contributed by atoms with Crippen molar-refractivity contribution < 1.29 is 9.53 Å². The van der Waals surface area contributed by atoms with E-state index in [2.05, 4.69) is 21.2 Å². The molecular formula is C13H16BrNO2. The molecule has 0 aliphatic rings. The molecular weight excluding hydrogens is 282 g/mol. The molecule has 1 aromatic rings. The fourth-order valence-corrected chi connectivity index (χ4v) is 1.72. The normalized spacial score (nSPS) is 10.5. The molecule has 4 heteroatoms. The standard InChI is InChI=1S/C13H16BrNO2/c1-3-4-5-8-15-13(16)11-7-6-10(14)9-12(11)17-2/h3-4,6-7,9H,5,8H2,1-2H3,(H,15,16)/b4-3+. The molecule has 0 atom stereocenters. The van der Waals surface area contributed by atoms with Gasteiger partial charge in [0.1, 0.15) is 5.75 Å². The summed E-state index contributed by atoms with van der Waals surface area (Å²) in [4.78, 5) is 11.9. The number of halogens is 1. The summed E-state index contributed by atoms with van der Waals surface area (Å²) in [7, 11) is 1.55. The van der Waals surface area contributed by atoms with Crippen LogP contribution in [0.2, 0.25) is 0 Å². The van der Waals surface area contributed by atoms with Crippen LogP contribution < -0.4 is 10.1 Å². The number of allylic oxidation sites excluding steroid dienone is 1. The summed E-state index contributed by atoms with van der Waals surface area (Å²) >= 11 is 3.34. The highest BCUT2D eigenvalue weighted by atomic mass is 79.9. The number of carbonyl (C=O) groups is 1. The molecule has 1 amide bonds. The van der Waals surface area contributed by atoms with Crippen molar-refractivity contribution in [3.05, 3.63) is 40.4 Å². The quantitative estimate of drug-likeness (QED) is 0.670. The highest BCUT2D eigenvalue weighted by Crippen LogP contribution is 2.23. The van der Waals surface area contributed by atoms with Crippen molar-refractivity contribution in [1.29, 1.82) is 0 Å². The van der Waals surface area contributed by atoms with E-state index in [4.69, 9.17) is 4.74 Å². The molecule has 92 valence electrons. The van der Waals surface area contributed by atoms with Gasteiger partial charge in [-0.1, -0.05) is 28.1 Å². The van der Waals surface area contributed by atoms with Crippen LogP contribution in [0.4, 0.5) is 0 Å². The summed E-state index contributed by atoms with van der Waals surface area (Å²) in [5, 5.41) is 2.84. The first kappa shape index (κ1) is 13.8. The molecule has 0 aliphatic heterocycles. The Kier molecular flexibility index (Phi) is 5.77. The topological polar surface area (TPSA) is 38.3 Å². The number of carbonyl (C=O) groups excluding carboxylic acids is 1. The first-order valence-corrected chi connectivity index (χ1v) is 6.21. The smallest absolute Gasteiger partial charge is 0.255 e. The van der Waals surface area contributed by atoms with Gasteiger partial charge < -0.3 is 10.1 Å². The van der Waals surface area contributed by atoms with Gasteiger partial charge in [0.15, 0.2) is 0 Å². The molecule has 0 bridgehead atoms. The number of rotatable bonds is 5. The number of benzene rings is 1. The summed E-state index contributed by atoms with van der Waals surface area (Å²) in [6.07, 6.45) is 4.81. The molecule has 0 saturated heterocycles. The zero-order chi connectivity index (χ0) is 12.7. The van der Waals surface area contributed by atoms with Crippen LogP contribution in [-0.4, -0.2) is 19.6 Å². The monoisotopic (exact) mass is 297 g/mol. The van der Waals surface area contributed by atoms with Gasteiger partial charge in [-0.2, -0.15) is 0 Å². The summed E-state index contributed by atoms with van der Waals surface area (Å²) < 4.78 is 6.06. The minimum absolute atomic E-state index is 0.112. The lowest BCUT2D eigenvalue weighted by atomic mass is 10.2. The molecule has 3 nitrogen and oxygen atoms in total. The fourth-order valence-electron chi connectivity index (χ4n) is 1.38. The van der Waals surface area contributed by atoms with Crippen molar-refractivity contribution in [1.82, 2.24) is 5.32 Å².